The van der Waals surface area contributed by atoms with E-state index in [2.05, 4.69) is 62.2 Å². The predicted octanol–water partition coefficient (Wildman–Crippen LogP) is 4.57. The minimum atomic E-state index is -1.15. The van der Waals surface area contributed by atoms with E-state index in [-0.39, 0.29) is 0 Å². The van der Waals surface area contributed by atoms with Gasteiger partial charge in [0, 0.05) is 9.75 Å². The summed E-state index contributed by atoms with van der Waals surface area (Å²) >= 11 is 3.83. The molecule has 2 heterocycles. The second-order valence-corrected chi connectivity index (χ2v) is 18.9. The maximum atomic E-state index is 2.43. The normalized spacial score (nSPS) is 13.0. The van der Waals surface area contributed by atoms with Crippen LogP contribution in [0.15, 0.2) is 22.9 Å². The van der Waals surface area contributed by atoms with Crippen molar-refractivity contribution in [3.8, 4) is 9.75 Å². The van der Waals surface area contributed by atoms with E-state index in [1.807, 2.05) is 22.7 Å². The Bertz CT molecular complexity index is 488. The van der Waals surface area contributed by atoms with Crippen LogP contribution in [0.1, 0.15) is 0 Å². The molecule has 0 unspecified atom stereocenters. The van der Waals surface area contributed by atoms with E-state index in [0.29, 0.717) is 0 Å². The first-order chi connectivity index (χ1) is 8.18. The van der Waals surface area contributed by atoms with Gasteiger partial charge in [0.25, 0.3) is 0 Å². The Kier molecular flexibility index (Phi) is 3.75. The van der Waals surface area contributed by atoms with Crippen LogP contribution in [0.4, 0.5) is 0 Å². The zero-order valence-corrected chi connectivity index (χ0v) is 15.8. The molecule has 2 aromatic rings. The zero-order valence-electron chi connectivity index (χ0n) is 12.1. The van der Waals surface area contributed by atoms with Crippen LogP contribution in [-0.2, 0) is 0 Å². The molecule has 0 radical (unpaired) electrons. The van der Waals surface area contributed by atoms with Gasteiger partial charge in [-0.15, -0.1) is 22.7 Å². The van der Waals surface area contributed by atoms with Crippen LogP contribution in [0, 0.1) is 0 Å². The van der Waals surface area contributed by atoms with Gasteiger partial charge in [-0.1, -0.05) is 39.3 Å². The van der Waals surface area contributed by atoms with Crippen molar-refractivity contribution in [3.63, 3.8) is 0 Å². The molecule has 0 nitrogen and oxygen atoms in total. The van der Waals surface area contributed by atoms with Gasteiger partial charge in [-0.2, -0.15) is 0 Å². The molecule has 0 aliphatic rings. The minimum absolute atomic E-state index is 1.15. The van der Waals surface area contributed by atoms with E-state index in [1.165, 1.54) is 9.75 Å². The molecular weight excluding hydrogens is 288 g/mol. The fourth-order valence-electron chi connectivity index (χ4n) is 1.72. The summed E-state index contributed by atoms with van der Waals surface area (Å²) in [7, 11) is -2.30. The second-order valence-electron chi connectivity index (χ2n) is 6.90. The van der Waals surface area contributed by atoms with Crippen molar-refractivity contribution < 1.29 is 0 Å². The van der Waals surface area contributed by atoms with Crippen LogP contribution < -0.4 is 10.4 Å². The predicted molar refractivity (Wildman–Crippen MR) is 93.6 cm³/mol. The Hall–Kier alpha value is -0.166. The third kappa shape index (κ3) is 3.04. The lowest BCUT2D eigenvalue weighted by molar-refractivity contribution is 1.75. The third-order valence-electron chi connectivity index (χ3n) is 3.17. The highest BCUT2D eigenvalue weighted by Crippen LogP contribution is 2.29. The van der Waals surface area contributed by atoms with Gasteiger partial charge in [-0.05, 0) is 33.3 Å². The SMILES string of the molecule is C[Si](C)(C)c1csc(-c2cc([Si](C)(C)C)cs2)c1. The number of hydrogen-bond donors (Lipinski definition) is 0. The van der Waals surface area contributed by atoms with Crippen molar-refractivity contribution in [2.75, 3.05) is 0 Å². The summed E-state index contributed by atoms with van der Waals surface area (Å²) in [6.45, 7) is 14.5. The van der Waals surface area contributed by atoms with Gasteiger partial charge in [-0.3, -0.25) is 0 Å². The highest BCUT2D eigenvalue weighted by atomic mass is 32.1. The van der Waals surface area contributed by atoms with Crippen LogP contribution in [0.5, 0.6) is 0 Å². The first kappa shape index (κ1) is 14.2. The van der Waals surface area contributed by atoms with Gasteiger partial charge >= 0.3 is 0 Å². The molecule has 4 heteroatoms. The molecule has 0 aliphatic heterocycles. The molecule has 0 aromatic carbocycles. The van der Waals surface area contributed by atoms with E-state index in [4.69, 9.17) is 0 Å². The molecule has 0 spiro atoms. The van der Waals surface area contributed by atoms with Crippen LogP contribution >= 0.6 is 22.7 Å². The lowest BCUT2D eigenvalue weighted by Crippen LogP contribution is -2.36. The molecule has 0 N–H and O–H groups in total. The quantitative estimate of drug-likeness (QED) is 0.729. The molecule has 0 saturated heterocycles. The van der Waals surface area contributed by atoms with Crippen LogP contribution in [0.2, 0.25) is 39.3 Å². The standard InChI is InChI=1S/C14H22S2Si2/c1-17(2,3)11-7-13(15-9-11)14-8-12(10-16-14)18(4,5)6/h7-10H,1-6H3. The van der Waals surface area contributed by atoms with Crippen LogP contribution in [0.25, 0.3) is 9.75 Å². The molecule has 0 bridgehead atoms. The molecule has 98 valence electrons. The van der Waals surface area contributed by atoms with Crippen LogP contribution in [-0.4, -0.2) is 16.1 Å². The lowest BCUT2D eigenvalue weighted by Gasteiger charge is -2.13. The molecule has 0 aliphatic carbocycles. The highest BCUT2D eigenvalue weighted by molar-refractivity contribution is 7.22. The summed E-state index contributed by atoms with van der Waals surface area (Å²) in [4.78, 5) is 2.92. The average molecular weight is 311 g/mol. The number of rotatable bonds is 3. The molecule has 0 saturated carbocycles. The van der Waals surface area contributed by atoms with Gasteiger partial charge in [0.2, 0.25) is 0 Å². The monoisotopic (exact) mass is 310 g/mol. The van der Waals surface area contributed by atoms with E-state index < -0.39 is 16.1 Å². The summed E-state index contributed by atoms with van der Waals surface area (Å²) in [5, 5.41) is 7.92. The fourth-order valence-corrected chi connectivity index (χ4v) is 7.94. The lowest BCUT2D eigenvalue weighted by atomic mass is 10.4. The first-order valence-corrected chi connectivity index (χ1v) is 15.1. The van der Waals surface area contributed by atoms with Gasteiger partial charge in [-0.25, -0.2) is 0 Å². The number of hydrogen-bond acceptors (Lipinski definition) is 2. The van der Waals surface area contributed by atoms with Crippen molar-refractivity contribution in [1.82, 2.24) is 0 Å². The van der Waals surface area contributed by atoms with E-state index in [0.717, 1.165) is 0 Å². The van der Waals surface area contributed by atoms with Crippen molar-refractivity contribution in [2.24, 2.45) is 0 Å². The Morgan fingerprint density at radius 3 is 1.22 bits per heavy atom. The first-order valence-electron chi connectivity index (χ1n) is 6.36. The Labute approximate surface area is 121 Å². The highest BCUT2D eigenvalue weighted by Gasteiger charge is 2.21. The maximum absolute atomic E-state index is 2.43. The summed E-state index contributed by atoms with van der Waals surface area (Å²) in [6, 6.07) is 4.85. The van der Waals surface area contributed by atoms with Gasteiger partial charge < -0.3 is 0 Å². The van der Waals surface area contributed by atoms with Crippen molar-refractivity contribution in [3.05, 3.63) is 22.9 Å². The molecule has 0 amide bonds. The van der Waals surface area contributed by atoms with E-state index >= 15 is 0 Å². The summed E-state index contributed by atoms with van der Waals surface area (Å²) in [5.74, 6) is 0. The summed E-state index contributed by atoms with van der Waals surface area (Å²) in [6.07, 6.45) is 0. The zero-order chi connectivity index (χ0) is 13.6. The molecule has 0 fully saturated rings. The third-order valence-corrected chi connectivity index (χ3v) is 9.69. The largest absolute Gasteiger partial charge is 0.143 e. The molecule has 0 atom stereocenters. The van der Waals surface area contributed by atoms with Crippen LogP contribution in [0.3, 0.4) is 0 Å². The van der Waals surface area contributed by atoms with Crippen molar-refractivity contribution in [2.45, 2.75) is 39.3 Å². The molecule has 2 aromatic heterocycles. The minimum Gasteiger partial charge on any atom is -0.143 e. The smallest absolute Gasteiger partial charge is 0.0787 e. The Balaban J connectivity index is 2.33. The van der Waals surface area contributed by atoms with Gasteiger partial charge in [0.15, 0.2) is 0 Å². The van der Waals surface area contributed by atoms with Crippen molar-refractivity contribution in [1.29, 1.82) is 0 Å². The number of thiophene rings is 2. The van der Waals surface area contributed by atoms with Gasteiger partial charge in [0.05, 0.1) is 16.1 Å². The van der Waals surface area contributed by atoms with E-state index in [9.17, 15) is 0 Å². The topological polar surface area (TPSA) is 0 Å². The summed E-state index contributed by atoms with van der Waals surface area (Å²) in [5.41, 5.74) is 0. The molecule has 18 heavy (non-hydrogen) atoms. The second kappa shape index (κ2) is 4.74. The van der Waals surface area contributed by atoms with Gasteiger partial charge in [0.1, 0.15) is 0 Å². The molecular formula is C14H22S2Si2. The fraction of sp³-hybridized carbons (Fsp3) is 0.429. The van der Waals surface area contributed by atoms with E-state index in [1.54, 1.807) is 10.4 Å². The Morgan fingerprint density at radius 1 is 0.667 bits per heavy atom. The average Bonchev–Trinajstić information content (AvgIpc) is 2.84. The maximum Gasteiger partial charge on any atom is 0.0787 e. The van der Waals surface area contributed by atoms with Crippen molar-refractivity contribution >= 4 is 49.2 Å². The molecule has 2 rings (SSSR count). The Morgan fingerprint density at radius 2 is 1.00 bits per heavy atom. The summed E-state index contributed by atoms with van der Waals surface area (Å²) < 4.78 is 0.